The van der Waals surface area contributed by atoms with E-state index in [1.807, 2.05) is 14.0 Å². The first-order chi connectivity index (χ1) is 7.95. The molecule has 2 amide bonds. The number of likely N-dealkylation sites (N-methyl/N-ethyl adjacent to an activating group) is 1. The Morgan fingerprint density at radius 3 is 2.59 bits per heavy atom. The number of carboxylic acid groups (broad SMARTS) is 1. The molecule has 98 valence electrons. The van der Waals surface area contributed by atoms with Crippen LogP contribution in [0.1, 0.15) is 6.92 Å². The van der Waals surface area contributed by atoms with E-state index in [4.69, 9.17) is 10.2 Å². The number of hydrogen-bond donors (Lipinski definition) is 3. The number of nitrogens with zero attached hydrogens (tertiary/aromatic N) is 2. The van der Waals surface area contributed by atoms with Gasteiger partial charge in [0.05, 0.1) is 6.61 Å². The van der Waals surface area contributed by atoms with Crippen molar-refractivity contribution in [1.82, 2.24) is 15.1 Å². The molecule has 0 aliphatic carbocycles. The second-order valence-corrected chi connectivity index (χ2v) is 4.30. The molecule has 1 unspecified atom stereocenters. The Labute approximate surface area is 100.0 Å². The number of piperazine rings is 1. The van der Waals surface area contributed by atoms with E-state index in [0.717, 1.165) is 6.54 Å². The molecule has 0 radical (unpaired) electrons. The Morgan fingerprint density at radius 1 is 1.47 bits per heavy atom. The Bertz CT molecular complexity index is 297. The van der Waals surface area contributed by atoms with Gasteiger partial charge in [-0.3, -0.25) is 0 Å². The average molecular weight is 245 g/mol. The first-order valence-corrected chi connectivity index (χ1v) is 5.55. The van der Waals surface area contributed by atoms with Crippen molar-refractivity contribution in [3.63, 3.8) is 0 Å². The number of carbonyl (C=O) groups excluding carboxylic acids is 1. The molecule has 2 atom stereocenters. The molecule has 1 saturated heterocycles. The van der Waals surface area contributed by atoms with Crippen molar-refractivity contribution in [3.8, 4) is 0 Å². The molecular weight excluding hydrogens is 226 g/mol. The number of carboxylic acids is 1. The van der Waals surface area contributed by atoms with Crippen molar-refractivity contribution in [3.05, 3.63) is 0 Å². The first-order valence-electron chi connectivity index (χ1n) is 5.55. The van der Waals surface area contributed by atoms with Crippen molar-refractivity contribution in [2.45, 2.75) is 19.0 Å². The summed E-state index contributed by atoms with van der Waals surface area (Å²) in [5.74, 6) is -1.23. The van der Waals surface area contributed by atoms with Gasteiger partial charge in [-0.05, 0) is 14.0 Å². The molecule has 1 fully saturated rings. The summed E-state index contributed by atoms with van der Waals surface area (Å²) in [7, 11) is 1.98. The first kappa shape index (κ1) is 13.7. The van der Waals surface area contributed by atoms with E-state index in [0.29, 0.717) is 13.1 Å². The van der Waals surface area contributed by atoms with Gasteiger partial charge in [-0.15, -0.1) is 0 Å². The van der Waals surface area contributed by atoms with Crippen molar-refractivity contribution in [1.29, 1.82) is 0 Å². The maximum Gasteiger partial charge on any atom is 0.328 e. The lowest BCUT2D eigenvalue weighted by Crippen LogP contribution is -2.57. The largest absolute Gasteiger partial charge is 0.480 e. The van der Waals surface area contributed by atoms with Crippen molar-refractivity contribution in [2.24, 2.45) is 0 Å². The lowest BCUT2D eigenvalue weighted by molar-refractivity contribution is -0.140. The second-order valence-electron chi connectivity index (χ2n) is 4.30. The van der Waals surface area contributed by atoms with Crippen LogP contribution in [0.15, 0.2) is 0 Å². The fourth-order valence-electron chi connectivity index (χ4n) is 1.66. The highest BCUT2D eigenvalue weighted by Gasteiger charge is 2.27. The number of aliphatic carboxylic acids is 1. The molecule has 7 heteroatoms. The molecule has 0 aromatic rings. The van der Waals surface area contributed by atoms with E-state index in [2.05, 4.69) is 10.2 Å². The standard InChI is InChI=1S/C10H19N3O4/c1-7-5-13(4-3-12(7)2)10(17)11-8(6-14)9(15)16/h7-8,14H,3-6H2,1-2H3,(H,11,17)(H,15,16)/t7?,8-/m0/s1. The van der Waals surface area contributed by atoms with Crippen LogP contribution >= 0.6 is 0 Å². The summed E-state index contributed by atoms with van der Waals surface area (Å²) in [6.45, 7) is 3.26. The molecule has 17 heavy (non-hydrogen) atoms. The molecule has 1 aliphatic heterocycles. The van der Waals surface area contributed by atoms with Gasteiger partial charge in [0.2, 0.25) is 0 Å². The summed E-state index contributed by atoms with van der Waals surface area (Å²) >= 11 is 0. The summed E-state index contributed by atoms with van der Waals surface area (Å²) < 4.78 is 0. The molecule has 0 aromatic heterocycles. The fourth-order valence-corrected chi connectivity index (χ4v) is 1.66. The predicted octanol–water partition coefficient (Wildman–Crippen LogP) is -1.22. The number of hydrogen-bond acceptors (Lipinski definition) is 4. The SMILES string of the molecule is CC1CN(C(=O)N[C@@H](CO)C(=O)O)CCN1C. The molecule has 0 bridgehead atoms. The number of aliphatic hydroxyl groups is 1. The predicted molar refractivity (Wildman–Crippen MR) is 60.7 cm³/mol. The molecule has 0 aromatic carbocycles. The molecule has 1 aliphatic rings. The van der Waals surface area contributed by atoms with Crippen LogP contribution in [-0.2, 0) is 4.79 Å². The Balaban J connectivity index is 2.50. The maximum atomic E-state index is 11.7. The van der Waals surface area contributed by atoms with Crippen molar-refractivity contribution < 1.29 is 19.8 Å². The van der Waals surface area contributed by atoms with Gasteiger partial charge in [-0.2, -0.15) is 0 Å². The van der Waals surface area contributed by atoms with E-state index >= 15 is 0 Å². The molecular formula is C10H19N3O4. The molecule has 1 rings (SSSR count). The number of nitrogens with one attached hydrogen (secondary N) is 1. The summed E-state index contributed by atoms with van der Waals surface area (Å²) in [5.41, 5.74) is 0. The van der Waals surface area contributed by atoms with Crippen LogP contribution in [0.5, 0.6) is 0 Å². The molecule has 7 nitrogen and oxygen atoms in total. The third-order valence-electron chi connectivity index (χ3n) is 3.03. The molecule has 1 heterocycles. The quantitative estimate of drug-likeness (QED) is 0.579. The average Bonchev–Trinajstić information content (AvgIpc) is 2.28. The van der Waals surface area contributed by atoms with E-state index in [1.54, 1.807) is 4.90 Å². The van der Waals surface area contributed by atoms with Gasteiger partial charge in [0.1, 0.15) is 0 Å². The smallest absolute Gasteiger partial charge is 0.328 e. The number of rotatable bonds is 3. The Hall–Kier alpha value is -1.34. The van der Waals surface area contributed by atoms with Gasteiger partial charge >= 0.3 is 12.0 Å². The number of urea groups is 1. The Morgan fingerprint density at radius 2 is 2.12 bits per heavy atom. The van der Waals surface area contributed by atoms with Gasteiger partial charge in [-0.1, -0.05) is 0 Å². The van der Waals surface area contributed by atoms with Crippen molar-refractivity contribution in [2.75, 3.05) is 33.3 Å². The lowest BCUT2D eigenvalue weighted by atomic mass is 10.2. The fraction of sp³-hybridized carbons (Fsp3) is 0.800. The van der Waals surface area contributed by atoms with Crippen LogP contribution in [-0.4, -0.2) is 77.4 Å². The highest BCUT2D eigenvalue weighted by molar-refractivity contribution is 5.82. The van der Waals surface area contributed by atoms with Crippen LogP contribution < -0.4 is 5.32 Å². The summed E-state index contributed by atoms with van der Waals surface area (Å²) in [6, 6.07) is -1.43. The van der Waals surface area contributed by atoms with Gasteiger partial charge in [0.25, 0.3) is 0 Å². The minimum Gasteiger partial charge on any atom is -0.480 e. The van der Waals surface area contributed by atoms with Crippen LogP contribution in [0.25, 0.3) is 0 Å². The Kier molecular flexibility index (Phi) is 4.71. The molecule has 0 saturated carbocycles. The summed E-state index contributed by atoms with van der Waals surface area (Å²) in [4.78, 5) is 26.1. The monoisotopic (exact) mass is 245 g/mol. The van der Waals surface area contributed by atoms with Gasteiger partial charge in [0.15, 0.2) is 6.04 Å². The maximum absolute atomic E-state index is 11.7. The van der Waals surface area contributed by atoms with Gasteiger partial charge < -0.3 is 25.3 Å². The lowest BCUT2D eigenvalue weighted by Gasteiger charge is -2.37. The highest BCUT2D eigenvalue weighted by atomic mass is 16.4. The van der Waals surface area contributed by atoms with E-state index < -0.39 is 24.6 Å². The molecule has 3 N–H and O–H groups in total. The van der Waals surface area contributed by atoms with Crippen LogP contribution in [0, 0.1) is 0 Å². The number of aliphatic hydroxyl groups excluding tert-OH is 1. The van der Waals surface area contributed by atoms with E-state index in [9.17, 15) is 9.59 Å². The van der Waals surface area contributed by atoms with E-state index in [-0.39, 0.29) is 6.04 Å². The third-order valence-corrected chi connectivity index (χ3v) is 3.03. The summed E-state index contributed by atoms with van der Waals surface area (Å²) in [5, 5.41) is 19.8. The minimum absolute atomic E-state index is 0.243. The zero-order chi connectivity index (χ0) is 13.0. The zero-order valence-electron chi connectivity index (χ0n) is 10.1. The second kappa shape index (κ2) is 5.83. The van der Waals surface area contributed by atoms with Crippen molar-refractivity contribution >= 4 is 12.0 Å². The van der Waals surface area contributed by atoms with Crippen LogP contribution in [0.3, 0.4) is 0 Å². The van der Waals surface area contributed by atoms with Crippen LogP contribution in [0.4, 0.5) is 4.79 Å². The van der Waals surface area contributed by atoms with Gasteiger partial charge in [0, 0.05) is 25.7 Å². The normalized spacial score (nSPS) is 23.2. The van der Waals surface area contributed by atoms with Gasteiger partial charge in [-0.25, -0.2) is 9.59 Å². The third kappa shape index (κ3) is 3.57. The molecule has 0 spiro atoms. The highest BCUT2D eigenvalue weighted by Crippen LogP contribution is 2.07. The zero-order valence-corrected chi connectivity index (χ0v) is 10.1. The minimum atomic E-state index is -1.24. The topological polar surface area (TPSA) is 93.1 Å². The number of amides is 2. The van der Waals surface area contributed by atoms with E-state index in [1.165, 1.54) is 0 Å². The van der Waals surface area contributed by atoms with Crippen LogP contribution in [0.2, 0.25) is 0 Å². The number of carbonyl (C=O) groups is 2. The summed E-state index contributed by atoms with van der Waals surface area (Å²) in [6.07, 6.45) is 0.